The third kappa shape index (κ3) is 3.23. The van der Waals surface area contributed by atoms with Gasteiger partial charge in [0.05, 0.1) is 6.54 Å². The second-order valence-electron chi connectivity index (χ2n) is 5.34. The summed E-state index contributed by atoms with van der Waals surface area (Å²) in [5.74, 6) is 0.301. The maximum Gasteiger partial charge on any atom is 0.148 e. The van der Waals surface area contributed by atoms with Gasteiger partial charge in [0.2, 0.25) is 0 Å². The average molecular weight is 281 g/mol. The number of Topliss-reactive ketones (excluding diaryl/α,β-unsaturated/α-hetero) is 1. The van der Waals surface area contributed by atoms with Gasteiger partial charge in [0.1, 0.15) is 11.9 Å². The molecular weight excluding hydrogens is 262 g/mol. The minimum atomic E-state index is 0.00118. The Morgan fingerprint density at radius 3 is 2.38 bits per heavy atom. The van der Waals surface area contributed by atoms with Gasteiger partial charge in [0.15, 0.2) is 0 Å². The monoisotopic (exact) mass is 281 g/mol. The predicted molar refractivity (Wildman–Crippen MR) is 84.9 cm³/mol. The summed E-state index contributed by atoms with van der Waals surface area (Å²) in [5.41, 5.74) is 8.62. The van der Waals surface area contributed by atoms with E-state index in [2.05, 4.69) is 22.3 Å². The van der Waals surface area contributed by atoms with Crippen LogP contribution in [0.25, 0.3) is 0 Å². The van der Waals surface area contributed by atoms with Gasteiger partial charge in [0.25, 0.3) is 0 Å². The largest absolute Gasteiger partial charge is 0.399 e. The molecule has 0 aromatic heterocycles. The van der Waals surface area contributed by atoms with Crippen LogP contribution >= 0.6 is 0 Å². The van der Waals surface area contributed by atoms with Gasteiger partial charge in [0, 0.05) is 24.3 Å². The minimum absolute atomic E-state index is 0.00118. The molecule has 0 spiro atoms. The van der Waals surface area contributed by atoms with Gasteiger partial charge in [-0.2, -0.15) is 0 Å². The number of benzene rings is 2. The zero-order valence-electron chi connectivity index (χ0n) is 11.8. The van der Waals surface area contributed by atoms with E-state index in [1.54, 1.807) is 0 Å². The number of hydrogen-bond acceptors (Lipinski definition) is 4. The Morgan fingerprint density at radius 1 is 1.05 bits per heavy atom. The van der Waals surface area contributed by atoms with E-state index in [0.717, 1.165) is 23.5 Å². The number of anilines is 2. The van der Waals surface area contributed by atoms with Gasteiger partial charge in [-0.1, -0.05) is 30.3 Å². The number of ketones is 1. The fourth-order valence-electron chi connectivity index (χ4n) is 2.63. The molecule has 108 valence electrons. The van der Waals surface area contributed by atoms with E-state index < -0.39 is 0 Å². The van der Waals surface area contributed by atoms with E-state index in [4.69, 9.17) is 5.73 Å². The molecule has 4 heteroatoms. The molecular formula is C17H19N3O. The first kappa shape index (κ1) is 13.6. The molecule has 0 bridgehead atoms. The third-order valence-corrected chi connectivity index (χ3v) is 3.75. The van der Waals surface area contributed by atoms with Crippen LogP contribution < -0.4 is 11.1 Å². The maximum atomic E-state index is 11.6. The van der Waals surface area contributed by atoms with Crippen LogP contribution in [0.15, 0.2) is 54.6 Å². The van der Waals surface area contributed by atoms with Crippen LogP contribution in [0.4, 0.5) is 11.4 Å². The predicted octanol–water partition coefficient (Wildman–Crippen LogP) is 2.65. The van der Waals surface area contributed by atoms with E-state index in [1.807, 2.05) is 42.5 Å². The zero-order valence-corrected chi connectivity index (χ0v) is 11.8. The van der Waals surface area contributed by atoms with Gasteiger partial charge < -0.3 is 11.1 Å². The molecule has 0 aliphatic carbocycles. The van der Waals surface area contributed by atoms with Crippen LogP contribution in [0, 0.1) is 0 Å². The topological polar surface area (TPSA) is 58.4 Å². The van der Waals surface area contributed by atoms with Crippen molar-refractivity contribution >= 4 is 17.2 Å². The van der Waals surface area contributed by atoms with Gasteiger partial charge in [-0.25, -0.2) is 0 Å². The minimum Gasteiger partial charge on any atom is -0.399 e. The Bertz CT molecular complexity index is 610. The van der Waals surface area contributed by atoms with Gasteiger partial charge in [-0.15, -0.1) is 0 Å². The number of nitrogens with zero attached hydrogens (tertiary/aromatic N) is 1. The van der Waals surface area contributed by atoms with E-state index in [0.29, 0.717) is 18.7 Å². The van der Waals surface area contributed by atoms with Crippen molar-refractivity contribution in [2.45, 2.75) is 12.6 Å². The van der Waals surface area contributed by atoms with Crippen molar-refractivity contribution in [1.82, 2.24) is 4.90 Å². The van der Waals surface area contributed by atoms with Crippen LogP contribution in [0.5, 0.6) is 0 Å². The molecule has 1 atom stereocenters. The Balaban J connectivity index is 1.85. The number of rotatable bonds is 4. The third-order valence-electron chi connectivity index (χ3n) is 3.75. The molecule has 1 saturated heterocycles. The lowest BCUT2D eigenvalue weighted by atomic mass is 10.1. The van der Waals surface area contributed by atoms with Crippen LogP contribution in [0.2, 0.25) is 0 Å². The Labute approximate surface area is 124 Å². The first-order valence-corrected chi connectivity index (χ1v) is 7.15. The maximum absolute atomic E-state index is 11.6. The summed E-state index contributed by atoms with van der Waals surface area (Å²) in [4.78, 5) is 13.8. The van der Waals surface area contributed by atoms with Crippen molar-refractivity contribution < 1.29 is 4.79 Å². The Hall–Kier alpha value is -2.33. The first-order valence-electron chi connectivity index (χ1n) is 7.15. The number of nitrogen functional groups attached to an aromatic ring is 1. The molecule has 3 rings (SSSR count). The molecule has 21 heavy (non-hydrogen) atoms. The number of carbonyl (C=O) groups is 1. The lowest BCUT2D eigenvalue weighted by molar-refractivity contribution is -0.117. The van der Waals surface area contributed by atoms with Crippen LogP contribution in [-0.4, -0.2) is 23.8 Å². The van der Waals surface area contributed by atoms with Gasteiger partial charge >= 0.3 is 0 Å². The Kier molecular flexibility index (Phi) is 3.88. The lowest BCUT2D eigenvalue weighted by Gasteiger charge is -2.29. The highest BCUT2D eigenvalue weighted by Crippen LogP contribution is 2.26. The summed E-state index contributed by atoms with van der Waals surface area (Å²) in [5, 5.41) is 3.50. The van der Waals surface area contributed by atoms with Gasteiger partial charge in [-0.05, 0) is 29.8 Å². The van der Waals surface area contributed by atoms with Crippen LogP contribution in [0.3, 0.4) is 0 Å². The van der Waals surface area contributed by atoms with E-state index in [9.17, 15) is 4.79 Å². The lowest BCUT2D eigenvalue weighted by Crippen LogP contribution is -2.32. The standard InChI is InChI=1S/C17H19N3O/c18-14-6-8-15(9-7-14)19-17(13-4-2-1-3-5-13)20-11-10-16(21)12-20/h1-9,17,19H,10-12,18H2. The Morgan fingerprint density at radius 2 is 1.76 bits per heavy atom. The van der Waals surface area contributed by atoms with Crippen molar-refractivity contribution in [2.24, 2.45) is 0 Å². The second-order valence-corrected chi connectivity index (χ2v) is 5.34. The quantitative estimate of drug-likeness (QED) is 0.846. The highest BCUT2D eigenvalue weighted by molar-refractivity contribution is 5.82. The van der Waals surface area contributed by atoms with Crippen molar-refractivity contribution in [3.05, 3.63) is 60.2 Å². The summed E-state index contributed by atoms with van der Waals surface area (Å²) in [6.07, 6.45) is 0.633. The molecule has 0 radical (unpaired) electrons. The molecule has 2 aromatic carbocycles. The molecule has 0 saturated carbocycles. The number of carbonyl (C=O) groups excluding carboxylic acids is 1. The fraction of sp³-hybridized carbons (Fsp3) is 0.235. The van der Waals surface area contributed by atoms with Gasteiger partial charge in [-0.3, -0.25) is 9.69 Å². The van der Waals surface area contributed by atoms with Crippen molar-refractivity contribution in [2.75, 3.05) is 24.1 Å². The molecule has 1 unspecified atom stereocenters. The first-order chi connectivity index (χ1) is 10.2. The number of likely N-dealkylation sites (tertiary alicyclic amines) is 1. The SMILES string of the molecule is Nc1ccc(NC(c2ccccc2)N2CCC(=O)C2)cc1. The summed E-state index contributed by atoms with van der Waals surface area (Å²) in [6, 6.07) is 17.9. The van der Waals surface area contributed by atoms with E-state index in [-0.39, 0.29) is 6.17 Å². The molecule has 2 aromatic rings. The highest BCUT2D eigenvalue weighted by atomic mass is 16.1. The summed E-state index contributed by atoms with van der Waals surface area (Å²) < 4.78 is 0. The summed E-state index contributed by atoms with van der Waals surface area (Å²) in [7, 11) is 0. The molecule has 0 amide bonds. The molecule has 3 N–H and O–H groups in total. The normalized spacial score (nSPS) is 16.9. The molecule has 1 aliphatic heterocycles. The smallest absolute Gasteiger partial charge is 0.148 e. The fourth-order valence-corrected chi connectivity index (χ4v) is 2.63. The summed E-state index contributed by atoms with van der Waals surface area (Å²) >= 11 is 0. The summed E-state index contributed by atoms with van der Waals surface area (Å²) in [6.45, 7) is 1.29. The molecule has 1 aliphatic rings. The molecule has 4 nitrogen and oxygen atoms in total. The number of nitrogens with one attached hydrogen (secondary N) is 1. The number of nitrogens with two attached hydrogens (primary N) is 1. The second kappa shape index (κ2) is 5.97. The van der Waals surface area contributed by atoms with Crippen LogP contribution in [0.1, 0.15) is 18.2 Å². The highest BCUT2D eigenvalue weighted by Gasteiger charge is 2.27. The van der Waals surface area contributed by atoms with Crippen molar-refractivity contribution in [1.29, 1.82) is 0 Å². The average Bonchev–Trinajstić information content (AvgIpc) is 2.94. The van der Waals surface area contributed by atoms with Crippen molar-refractivity contribution in [3.63, 3.8) is 0 Å². The van der Waals surface area contributed by atoms with E-state index in [1.165, 1.54) is 0 Å². The zero-order chi connectivity index (χ0) is 14.7. The molecule has 1 fully saturated rings. The van der Waals surface area contributed by atoms with E-state index >= 15 is 0 Å². The van der Waals surface area contributed by atoms with Crippen molar-refractivity contribution in [3.8, 4) is 0 Å². The number of hydrogen-bond donors (Lipinski definition) is 2. The van der Waals surface area contributed by atoms with Crippen LogP contribution in [-0.2, 0) is 4.79 Å². The molecule has 1 heterocycles.